The fraction of sp³-hybridized carbons (Fsp3) is 0.350. The molecule has 0 saturated carbocycles. The van der Waals surface area contributed by atoms with Crippen LogP contribution >= 0.6 is 0 Å². The van der Waals surface area contributed by atoms with Crippen LogP contribution < -0.4 is 10.1 Å². The van der Waals surface area contributed by atoms with Gasteiger partial charge in [-0.1, -0.05) is 0 Å². The third kappa shape index (κ3) is 3.85. The van der Waals surface area contributed by atoms with Gasteiger partial charge in [-0.05, 0) is 37.1 Å². The predicted molar refractivity (Wildman–Crippen MR) is 105 cm³/mol. The number of aromatic amines is 2. The van der Waals surface area contributed by atoms with E-state index in [4.69, 9.17) is 4.74 Å². The molecule has 1 saturated heterocycles. The van der Waals surface area contributed by atoms with Crippen LogP contribution in [0.25, 0.3) is 11.3 Å². The first-order valence-corrected chi connectivity index (χ1v) is 9.43. The highest BCUT2D eigenvalue weighted by molar-refractivity contribution is 5.75. The number of amides is 2. The van der Waals surface area contributed by atoms with E-state index in [2.05, 4.69) is 25.5 Å². The van der Waals surface area contributed by atoms with Crippen molar-refractivity contribution < 1.29 is 9.53 Å². The molecular weight excluding hydrogens is 356 g/mol. The summed E-state index contributed by atoms with van der Waals surface area (Å²) in [6.45, 7) is 1.86. The molecule has 1 fully saturated rings. The zero-order chi connectivity index (χ0) is 19.3. The molecule has 146 valence electrons. The Morgan fingerprint density at radius 3 is 2.96 bits per heavy atom. The number of methoxy groups -OCH3 is 1. The molecule has 1 atom stereocenters. The number of urea groups is 1. The van der Waals surface area contributed by atoms with Gasteiger partial charge in [-0.3, -0.25) is 5.10 Å². The number of carbonyl (C=O) groups is 1. The fourth-order valence-electron chi connectivity index (χ4n) is 3.62. The molecule has 3 N–H and O–H groups in total. The maximum atomic E-state index is 12.7. The van der Waals surface area contributed by atoms with Crippen LogP contribution in [0.4, 0.5) is 4.79 Å². The van der Waals surface area contributed by atoms with Crippen LogP contribution in [0, 0.1) is 0 Å². The molecular formula is C20H24N6O2. The number of rotatable bonds is 5. The average Bonchev–Trinajstić information content (AvgIpc) is 3.44. The lowest BCUT2D eigenvalue weighted by Crippen LogP contribution is -2.44. The van der Waals surface area contributed by atoms with Crippen LogP contribution in [0.3, 0.4) is 0 Å². The largest absolute Gasteiger partial charge is 0.497 e. The number of ether oxygens (including phenoxy) is 1. The SMILES string of the molecule is COc1ccc(-c2[nH]ncc2CNC(=O)N2CCCC(c3ncc[nH]3)C2)cc1. The third-order valence-electron chi connectivity index (χ3n) is 5.14. The summed E-state index contributed by atoms with van der Waals surface area (Å²) in [6, 6.07) is 7.69. The lowest BCUT2D eigenvalue weighted by molar-refractivity contribution is 0.178. The van der Waals surface area contributed by atoms with Crippen molar-refractivity contribution in [2.75, 3.05) is 20.2 Å². The van der Waals surface area contributed by atoms with Crippen LogP contribution in [0.15, 0.2) is 42.9 Å². The van der Waals surface area contributed by atoms with Crippen molar-refractivity contribution >= 4 is 6.03 Å². The number of likely N-dealkylation sites (tertiary alicyclic amines) is 1. The van der Waals surface area contributed by atoms with E-state index in [1.807, 2.05) is 35.4 Å². The third-order valence-corrected chi connectivity index (χ3v) is 5.14. The number of hydrogen-bond acceptors (Lipinski definition) is 4. The van der Waals surface area contributed by atoms with Crippen molar-refractivity contribution in [2.24, 2.45) is 0 Å². The second-order valence-corrected chi connectivity index (χ2v) is 6.92. The molecule has 3 aromatic rings. The molecule has 1 aliphatic rings. The molecule has 0 radical (unpaired) electrons. The summed E-state index contributed by atoms with van der Waals surface area (Å²) < 4.78 is 5.20. The summed E-state index contributed by atoms with van der Waals surface area (Å²) in [6.07, 6.45) is 7.35. The molecule has 1 aromatic carbocycles. The topological polar surface area (TPSA) is 98.9 Å². The standard InChI is InChI=1S/C20H24N6O2/c1-28-17-6-4-14(5-7-17)18-16(12-24-25-18)11-23-20(27)26-10-2-3-15(13-26)19-21-8-9-22-19/h4-9,12,15H,2-3,10-11,13H2,1H3,(H,21,22)(H,23,27)(H,24,25). The van der Waals surface area contributed by atoms with Crippen LogP contribution in [0.2, 0.25) is 0 Å². The van der Waals surface area contributed by atoms with Gasteiger partial charge in [0.05, 0.1) is 19.0 Å². The van der Waals surface area contributed by atoms with Crippen molar-refractivity contribution in [2.45, 2.75) is 25.3 Å². The highest BCUT2D eigenvalue weighted by Gasteiger charge is 2.26. The number of benzene rings is 1. The van der Waals surface area contributed by atoms with E-state index in [-0.39, 0.29) is 11.9 Å². The lowest BCUT2D eigenvalue weighted by Gasteiger charge is -2.31. The molecule has 28 heavy (non-hydrogen) atoms. The number of carbonyl (C=O) groups excluding carboxylic acids is 1. The van der Waals surface area contributed by atoms with Crippen molar-refractivity contribution in [1.82, 2.24) is 30.4 Å². The van der Waals surface area contributed by atoms with Crippen LogP contribution in [-0.2, 0) is 6.54 Å². The van der Waals surface area contributed by atoms with E-state index in [1.165, 1.54) is 0 Å². The van der Waals surface area contributed by atoms with Gasteiger partial charge in [-0.15, -0.1) is 0 Å². The maximum absolute atomic E-state index is 12.7. The number of imidazole rings is 1. The Bertz CT molecular complexity index is 903. The number of H-pyrrole nitrogens is 2. The molecule has 2 aromatic heterocycles. The van der Waals surface area contributed by atoms with E-state index >= 15 is 0 Å². The summed E-state index contributed by atoms with van der Waals surface area (Å²) in [5.74, 6) is 2.02. The van der Waals surface area contributed by atoms with Crippen molar-refractivity contribution in [3.8, 4) is 17.0 Å². The van der Waals surface area contributed by atoms with E-state index in [9.17, 15) is 4.79 Å². The average molecular weight is 380 g/mol. The van der Waals surface area contributed by atoms with Gasteiger partial charge in [0.25, 0.3) is 0 Å². The number of piperidine rings is 1. The molecule has 0 spiro atoms. The minimum absolute atomic E-state index is 0.0573. The molecule has 4 rings (SSSR count). The Balaban J connectivity index is 1.38. The van der Waals surface area contributed by atoms with Crippen molar-refractivity contribution in [3.63, 3.8) is 0 Å². The van der Waals surface area contributed by atoms with Crippen LogP contribution in [-0.4, -0.2) is 51.3 Å². The van der Waals surface area contributed by atoms with Gasteiger partial charge < -0.3 is 19.9 Å². The lowest BCUT2D eigenvalue weighted by atomic mass is 9.98. The zero-order valence-electron chi connectivity index (χ0n) is 15.8. The molecule has 8 nitrogen and oxygen atoms in total. The second-order valence-electron chi connectivity index (χ2n) is 6.92. The molecule has 1 aliphatic heterocycles. The molecule has 8 heteroatoms. The van der Waals surface area contributed by atoms with Crippen LogP contribution in [0.5, 0.6) is 5.75 Å². The highest BCUT2D eigenvalue weighted by Crippen LogP contribution is 2.25. The summed E-state index contributed by atoms with van der Waals surface area (Å²) in [5.41, 5.74) is 2.84. The molecule has 0 bridgehead atoms. The zero-order valence-corrected chi connectivity index (χ0v) is 15.8. The number of nitrogens with one attached hydrogen (secondary N) is 3. The Kier molecular flexibility index (Phi) is 5.27. The summed E-state index contributed by atoms with van der Waals surface area (Å²) in [4.78, 5) is 22.0. The maximum Gasteiger partial charge on any atom is 0.317 e. The second kappa shape index (κ2) is 8.16. The summed E-state index contributed by atoms with van der Waals surface area (Å²) in [7, 11) is 1.64. The molecule has 3 heterocycles. The van der Waals surface area contributed by atoms with Gasteiger partial charge in [-0.25, -0.2) is 9.78 Å². The van der Waals surface area contributed by atoms with Gasteiger partial charge in [0.15, 0.2) is 0 Å². The molecule has 2 amide bonds. The van der Waals surface area contributed by atoms with E-state index in [1.54, 1.807) is 19.5 Å². The quantitative estimate of drug-likeness (QED) is 0.634. The summed E-state index contributed by atoms with van der Waals surface area (Å²) >= 11 is 0. The Hall–Kier alpha value is -3.29. The van der Waals surface area contributed by atoms with Gasteiger partial charge in [-0.2, -0.15) is 5.10 Å². The minimum Gasteiger partial charge on any atom is -0.497 e. The summed E-state index contributed by atoms with van der Waals surface area (Å²) in [5, 5.41) is 10.2. The van der Waals surface area contributed by atoms with Gasteiger partial charge >= 0.3 is 6.03 Å². The van der Waals surface area contributed by atoms with E-state index in [0.717, 1.165) is 47.8 Å². The normalized spacial score (nSPS) is 16.8. The first-order chi connectivity index (χ1) is 13.7. The Morgan fingerprint density at radius 1 is 1.36 bits per heavy atom. The monoisotopic (exact) mass is 380 g/mol. The smallest absolute Gasteiger partial charge is 0.317 e. The van der Waals surface area contributed by atoms with Gasteiger partial charge in [0.2, 0.25) is 0 Å². The van der Waals surface area contributed by atoms with Gasteiger partial charge in [0.1, 0.15) is 11.6 Å². The predicted octanol–water partition coefficient (Wildman–Crippen LogP) is 2.90. The first kappa shape index (κ1) is 18.1. The van der Waals surface area contributed by atoms with Crippen LogP contribution in [0.1, 0.15) is 30.1 Å². The number of aromatic nitrogens is 4. The minimum atomic E-state index is -0.0573. The van der Waals surface area contributed by atoms with Crippen molar-refractivity contribution in [3.05, 3.63) is 54.2 Å². The molecule has 1 unspecified atom stereocenters. The van der Waals surface area contributed by atoms with Gasteiger partial charge in [0, 0.05) is 49.1 Å². The Labute approximate surface area is 163 Å². The number of hydrogen-bond donors (Lipinski definition) is 3. The fourth-order valence-corrected chi connectivity index (χ4v) is 3.62. The molecule has 0 aliphatic carbocycles. The Morgan fingerprint density at radius 2 is 2.21 bits per heavy atom. The van der Waals surface area contributed by atoms with E-state index in [0.29, 0.717) is 13.1 Å². The first-order valence-electron chi connectivity index (χ1n) is 9.43. The van der Waals surface area contributed by atoms with Crippen molar-refractivity contribution in [1.29, 1.82) is 0 Å². The highest BCUT2D eigenvalue weighted by atomic mass is 16.5. The van der Waals surface area contributed by atoms with E-state index < -0.39 is 0 Å². The number of nitrogens with zero attached hydrogens (tertiary/aromatic N) is 3.